The summed E-state index contributed by atoms with van der Waals surface area (Å²) in [7, 11) is -1.25. The molecule has 10 heteroatoms. The lowest BCUT2D eigenvalue weighted by Gasteiger charge is -2.25. The van der Waals surface area contributed by atoms with E-state index in [4.69, 9.17) is 9.47 Å². The number of benzene rings is 3. The number of anilines is 1. The molecule has 39 heavy (non-hydrogen) atoms. The number of amides is 1. The number of nitrogens with one attached hydrogen (secondary N) is 1. The minimum Gasteiger partial charge on any atom is -0.497 e. The molecule has 4 rings (SSSR count). The topological polar surface area (TPSA) is 102 Å². The SMILES string of the molecule is COc1ccc(OC)c(N(CC(=O)N/N=C/c2cc(C)n(-c3ccccc3)c2C)S(=O)(=O)c2ccccc2)c1. The van der Waals surface area contributed by atoms with E-state index in [0.717, 1.165) is 26.9 Å². The van der Waals surface area contributed by atoms with Crippen molar-refractivity contribution >= 4 is 27.8 Å². The summed E-state index contributed by atoms with van der Waals surface area (Å²) in [6, 6.07) is 24.5. The highest BCUT2D eigenvalue weighted by atomic mass is 32.2. The number of hydrogen-bond donors (Lipinski definition) is 1. The van der Waals surface area contributed by atoms with Crippen LogP contribution in [0.2, 0.25) is 0 Å². The van der Waals surface area contributed by atoms with E-state index in [1.54, 1.807) is 36.5 Å². The highest BCUT2D eigenvalue weighted by molar-refractivity contribution is 7.92. The van der Waals surface area contributed by atoms with Crippen molar-refractivity contribution < 1.29 is 22.7 Å². The molecule has 0 unspecified atom stereocenters. The second kappa shape index (κ2) is 11.9. The molecule has 0 spiro atoms. The largest absolute Gasteiger partial charge is 0.497 e. The Hall–Kier alpha value is -4.57. The Morgan fingerprint density at radius 1 is 0.949 bits per heavy atom. The fraction of sp³-hybridized carbons (Fsp3) is 0.172. The number of hydrogen-bond acceptors (Lipinski definition) is 6. The number of methoxy groups -OCH3 is 2. The molecule has 4 aromatic rings. The van der Waals surface area contributed by atoms with Crippen LogP contribution in [-0.2, 0) is 14.8 Å². The van der Waals surface area contributed by atoms with Crippen molar-refractivity contribution in [3.8, 4) is 17.2 Å². The monoisotopic (exact) mass is 546 g/mol. The predicted octanol–water partition coefficient (Wildman–Crippen LogP) is 4.46. The summed E-state index contributed by atoms with van der Waals surface area (Å²) >= 11 is 0. The maximum atomic E-state index is 13.7. The van der Waals surface area contributed by atoms with Gasteiger partial charge in [-0.3, -0.25) is 9.10 Å². The van der Waals surface area contributed by atoms with Crippen LogP contribution in [0, 0.1) is 13.8 Å². The van der Waals surface area contributed by atoms with Gasteiger partial charge in [0.1, 0.15) is 18.0 Å². The zero-order valence-electron chi connectivity index (χ0n) is 22.2. The zero-order chi connectivity index (χ0) is 28.0. The first kappa shape index (κ1) is 27.5. The molecule has 1 heterocycles. The molecule has 0 saturated heterocycles. The molecule has 1 N–H and O–H groups in total. The van der Waals surface area contributed by atoms with Crippen LogP contribution in [-0.4, -0.2) is 45.9 Å². The molecule has 1 amide bonds. The average molecular weight is 547 g/mol. The number of hydrazone groups is 1. The van der Waals surface area contributed by atoms with Gasteiger partial charge in [-0.1, -0.05) is 36.4 Å². The third kappa shape index (κ3) is 5.96. The number of rotatable bonds is 10. The summed E-state index contributed by atoms with van der Waals surface area (Å²) in [5, 5.41) is 4.11. The second-order valence-corrected chi connectivity index (χ2v) is 10.5. The number of para-hydroxylation sites is 1. The lowest BCUT2D eigenvalue weighted by molar-refractivity contribution is -0.119. The first-order valence-electron chi connectivity index (χ1n) is 12.1. The van der Waals surface area contributed by atoms with Crippen molar-refractivity contribution in [1.82, 2.24) is 9.99 Å². The number of carbonyl (C=O) groups is 1. The summed E-state index contributed by atoms with van der Waals surface area (Å²) in [6.45, 7) is 3.41. The molecule has 0 aliphatic heterocycles. The lowest BCUT2D eigenvalue weighted by Crippen LogP contribution is -2.39. The summed E-state index contributed by atoms with van der Waals surface area (Å²) in [6.07, 6.45) is 1.54. The Balaban J connectivity index is 1.61. The van der Waals surface area contributed by atoms with Crippen molar-refractivity contribution in [3.05, 3.63) is 102 Å². The Kier molecular flexibility index (Phi) is 8.36. The van der Waals surface area contributed by atoms with Gasteiger partial charge in [0.25, 0.3) is 15.9 Å². The third-order valence-corrected chi connectivity index (χ3v) is 7.92. The Morgan fingerprint density at radius 3 is 2.26 bits per heavy atom. The van der Waals surface area contributed by atoms with Gasteiger partial charge < -0.3 is 14.0 Å². The van der Waals surface area contributed by atoms with Crippen molar-refractivity contribution in [2.45, 2.75) is 18.7 Å². The minimum atomic E-state index is -4.14. The smallest absolute Gasteiger partial charge is 0.264 e. The maximum absolute atomic E-state index is 13.7. The van der Waals surface area contributed by atoms with Gasteiger partial charge in [0.15, 0.2) is 0 Å². The van der Waals surface area contributed by atoms with E-state index in [2.05, 4.69) is 15.1 Å². The Bertz CT molecular complexity index is 1580. The van der Waals surface area contributed by atoms with Crippen molar-refractivity contribution in [2.75, 3.05) is 25.1 Å². The van der Waals surface area contributed by atoms with E-state index in [9.17, 15) is 13.2 Å². The van der Waals surface area contributed by atoms with Crippen LogP contribution in [0.4, 0.5) is 5.69 Å². The van der Waals surface area contributed by atoms with Crippen LogP contribution in [0.1, 0.15) is 17.0 Å². The van der Waals surface area contributed by atoms with Gasteiger partial charge >= 0.3 is 0 Å². The van der Waals surface area contributed by atoms with Crippen molar-refractivity contribution in [2.24, 2.45) is 5.10 Å². The summed E-state index contributed by atoms with van der Waals surface area (Å²) in [4.78, 5) is 13.0. The van der Waals surface area contributed by atoms with Gasteiger partial charge in [-0.2, -0.15) is 5.10 Å². The van der Waals surface area contributed by atoms with E-state index in [1.165, 1.54) is 32.4 Å². The average Bonchev–Trinajstić information content (AvgIpc) is 3.24. The molecule has 202 valence electrons. The summed E-state index contributed by atoms with van der Waals surface area (Å²) in [5.41, 5.74) is 6.42. The summed E-state index contributed by atoms with van der Waals surface area (Å²) < 4.78 is 41.1. The maximum Gasteiger partial charge on any atom is 0.264 e. The lowest BCUT2D eigenvalue weighted by atomic mass is 10.2. The number of sulfonamides is 1. The predicted molar refractivity (Wildman–Crippen MR) is 151 cm³/mol. The van der Waals surface area contributed by atoms with E-state index >= 15 is 0 Å². The number of ether oxygens (including phenoxy) is 2. The normalized spacial score (nSPS) is 11.4. The molecule has 0 fully saturated rings. The standard InChI is InChI=1S/C29H30N4O5S/c1-21-17-23(22(2)33(21)24-11-7-5-8-12-24)19-30-31-29(34)20-32(39(35,36)26-13-9-6-10-14-26)27-18-25(37-3)15-16-28(27)38-4/h5-19H,20H2,1-4H3,(H,31,34)/b30-19+. The zero-order valence-corrected chi connectivity index (χ0v) is 23.0. The van der Waals surface area contributed by atoms with E-state index < -0.39 is 22.5 Å². The number of aromatic nitrogens is 1. The quantitative estimate of drug-likeness (QED) is 0.234. The highest BCUT2D eigenvalue weighted by Crippen LogP contribution is 2.35. The molecule has 0 aliphatic rings. The van der Waals surface area contributed by atoms with Crippen molar-refractivity contribution in [1.29, 1.82) is 0 Å². The van der Waals surface area contributed by atoms with Crippen LogP contribution < -0.4 is 19.2 Å². The fourth-order valence-electron chi connectivity index (χ4n) is 4.24. The Morgan fingerprint density at radius 2 is 1.62 bits per heavy atom. The highest BCUT2D eigenvalue weighted by Gasteiger charge is 2.30. The van der Waals surface area contributed by atoms with Crippen LogP contribution in [0.15, 0.2) is 94.9 Å². The summed E-state index contributed by atoms with van der Waals surface area (Å²) in [5.74, 6) is 0.0405. The van der Waals surface area contributed by atoms with Gasteiger partial charge in [0.05, 0.1) is 31.0 Å². The molecule has 9 nitrogen and oxygen atoms in total. The second-order valence-electron chi connectivity index (χ2n) is 8.65. The molecule has 3 aromatic carbocycles. The van der Waals surface area contributed by atoms with Gasteiger partial charge in [0.2, 0.25) is 0 Å². The van der Waals surface area contributed by atoms with Gasteiger partial charge in [-0.15, -0.1) is 0 Å². The minimum absolute atomic E-state index is 0.0273. The molecule has 0 radical (unpaired) electrons. The van der Waals surface area contributed by atoms with Gasteiger partial charge in [0, 0.05) is 28.7 Å². The number of carbonyl (C=O) groups excluding carboxylic acids is 1. The van der Waals surface area contributed by atoms with Crippen molar-refractivity contribution in [3.63, 3.8) is 0 Å². The molecule has 0 saturated carbocycles. The van der Waals surface area contributed by atoms with E-state index in [-0.39, 0.29) is 16.3 Å². The van der Waals surface area contributed by atoms with E-state index in [0.29, 0.717) is 5.75 Å². The molecular formula is C29H30N4O5S. The molecule has 0 aliphatic carbocycles. The fourth-order valence-corrected chi connectivity index (χ4v) is 5.69. The molecule has 0 bridgehead atoms. The van der Waals surface area contributed by atoms with Crippen LogP contribution >= 0.6 is 0 Å². The van der Waals surface area contributed by atoms with Crippen LogP contribution in [0.3, 0.4) is 0 Å². The van der Waals surface area contributed by atoms with Gasteiger partial charge in [-0.25, -0.2) is 13.8 Å². The first-order chi connectivity index (χ1) is 18.8. The molecule has 1 aromatic heterocycles. The third-order valence-electron chi connectivity index (χ3n) is 6.15. The van der Waals surface area contributed by atoms with Crippen LogP contribution in [0.5, 0.6) is 11.5 Å². The first-order valence-corrected chi connectivity index (χ1v) is 13.6. The van der Waals surface area contributed by atoms with Crippen LogP contribution in [0.25, 0.3) is 5.69 Å². The molecular weight excluding hydrogens is 516 g/mol. The number of nitrogens with zero attached hydrogens (tertiary/aromatic N) is 3. The molecule has 0 atom stereocenters. The van der Waals surface area contributed by atoms with Gasteiger partial charge in [-0.05, 0) is 56.3 Å². The van der Waals surface area contributed by atoms with E-state index in [1.807, 2.05) is 50.2 Å². The Labute approximate surface area is 228 Å². The number of aryl methyl sites for hydroxylation is 1.